The number of hydrogen-bond donors (Lipinski definition) is 1. The summed E-state index contributed by atoms with van der Waals surface area (Å²) in [5, 5.41) is 0. The van der Waals surface area contributed by atoms with Gasteiger partial charge in [-0.15, -0.1) is 0 Å². The number of piperidine rings is 1. The van der Waals surface area contributed by atoms with Crippen LogP contribution in [0.15, 0.2) is 12.1 Å². The largest absolute Gasteiger partial charge is 0.384 e. The van der Waals surface area contributed by atoms with E-state index in [1.807, 2.05) is 11.8 Å². The summed E-state index contributed by atoms with van der Waals surface area (Å²) < 4.78 is 0. The van der Waals surface area contributed by atoms with Crippen molar-refractivity contribution in [2.45, 2.75) is 39.0 Å². The van der Waals surface area contributed by atoms with Gasteiger partial charge in [0.25, 0.3) is 5.91 Å². The smallest absolute Gasteiger partial charge is 0.255 e. The number of nitrogens with zero attached hydrogens (tertiary/aromatic N) is 2. The second kappa shape index (κ2) is 5.43. The monoisotopic (exact) mass is 273 g/mol. The highest BCUT2D eigenvalue weighted by Gasteiger charge is 2.29. The van der Waals surface area contributed by atoms with Crippen molar-refractivity contribution in [2.75, 3.05) is 18.8 Å². The van der Waals surface area contributed by atoms with Gasteiger partial charge in [-0.05, 0) is 50.2 Å². The molecule has 1 aromatic heterocycles. The van der Waals surface area contributed by atoms with Crippen LogP contribution in [0.5, 0.6) is 0 Å². The zero-order valence-corrected chi connectivity index (χ0v) is 12.1. The number of aromatic nitrogens is 1. The normalized spacial score (nSPS) is 20.1. The molecular weight excluding hydrogens is 250 g/mol. The van der Waals surface area contributed by atoms with Crippen LogP contribution in [0, 0.1) is 18.8 Å². The third kappa shape index (κ3) is 2.94. The lowest BCUT2D eigenvalue weighted by atomic mass is 9.91. The third-order valence-corrected chi connectivity index (χ3v) is 4.60. The maximum atomic E-state index is 12.5. The van der Waals surface area contributed by atoms with Gasteiger partial charge in [0.2, 0.25) is 0 Å². The first kappa shape index (κ1) is 13.4. The number of pyridine rings is 1. The molecule has 2 aliphatic rings. The van der Waals surface area contributed by atoms with Gasteiger partial charge in [-0.2, -0.15) is 0 Å². The summed E-state index contributed by atoms with van der Waals surface area (Å²) in [6.45, 7) is 3.63. The van der Waals surface area contributed by atoms with E-state index in [4.69, 9.17) is 5.73 Å². The van der Waals surface area contributed by atoms with Gasteiger partial charge < -0.3 is 10.6 Å². The molecule has 0 spiro atoms. The van der Waals surface area contributed by atoms with Crippen molar-refractivity contribution < 1.29 is 4.79 Å². The third-order valence-electron chi connectivity index (χ3n) is 4.60. The summed E-state index contributed by atoms with van der Waals surface area (Å²) in [6.07, 6.45) is 6.54. The van der Waals surface area contributed by atoms with Gasteiger partial charge in [-0.1, -0.05) is 12.8 Å². The number of nitrogens with two attached hydrogens (primary N) is 1. The van der Waals surface area contributed by atoms with Gasteiger partial charge in [0.05, 0.1) is 11.3 Å². The minimum atomic E-state index is 0.111. The fourth-order valence-electron chi connectivity index (χ4n) is 3.17. The molecule has 0 aromatic carbocycles. The molecule has 20 heavy (non-hydrogen) atoms. The maximum absolute atomic E-state index is 12.5. The molecule has 1 aliphatic heterocycles. The Kier molecular flexibility index (Phi) is 3.64. The molecule has 4 heteroatoms. The highest BCUT2D eigenvalue weighted by atomic mass is 16.2. The van der Waals surface area contributed by atoms with Crippen LogP contribution < -0.4 is 5.73 Å². The number of aryl methyl sites for hydroxylation is 1. The fourth-order valence-corrected chi connectivity index (χ4v) is 3.17. The van der Waals surface area contributed by atoms with Crippen LogP contribution in [0.25, 0.3) is 0 Å². The Morgan fingerprint density at radius 3 is 2.50 bits per heavy atom. The van der Waals surface area contributed by atoms with Crippen molar-refractivity contribution >= 4 is 11.7 Å². The Morgan fingerprint density at radius 2 is 1.90 bits per heavy atom. The number of rotatable bonds is 3. The number of hydrogen-bond acceptors (Lipinski definition) is 3. The van der Waals surface area contributed by atoms with Crippen LogP contribution in [0.4, 0.5) is 5.82 Å². The van der Waals surface area contributed by atoms with Crippen LogP contribution in [0.3, 0.4) is 0 Å². The lowest BCUT2D eigenvalue weighted by Gasteiger charge is -2.32. The Morgan fingerprint density at radius 1 is 1.25 bits per heavy atom. The molecule has 0 unspecified atom stereocenters. The van der Waals surface area contributed by atoms with E-state index in [9.17, 15) is 4.79 Å². The first-order chi connectivity index (χ1) is 9.63. The van der Waals surface area contributed by atoms with Crippen molar-refractivity contribution in [3.05, 3.63) is 23.4 Å². The number of carbonyl (C=O) groups is 1. The van der Waals surface area contributed by atoms with Gasteiger partial charge in [-0.3, -0.25) is 4.79 Å². The predicted molar refractivity (Wildman–Crippen MR) is 79.4 cm³/mol. The fraction of sp³-hybridized carbons (Fsp3) is 0.625. The first-order valence-corrected chi connectivity index (χ1v) is 7.66. The van der Waals surface area contributed by atoms with Crippen LogP contribution in [-0.4, -0.2) is 28.9 Å². The molecule has 1 amide bonds. The Labute approximate surface area is 120 Å². The van der Waals surface area contributed by atoms with E-state index < -0.39 is 0 Å². The minimum absolute atomic E-state index is 0.111. The molecule has 0 atom stereocenters. The summed E-state index contributed by atoms with van der Waals surface area (Å²) in [6, 6.07) is 3.51. The highest BCUT2D eigenvalue weighted by Crippen LogP contribution is 2.38. The standard InChI is InChI=1S/C16H23N3O/c1-11-14(4-5-15(17)18-11)16(20)19-8-6-13(7-9-19)10-12-2-3-12/h4-5,12-13H,2-3,6-10H2,1H3,(H2,17,18). The van der Waals surface area contributed by atoms with Gasteiger partial charge >= 0.3 is 0 Å². The van der Waals surface area contributed by atoms with Crippen molar-refractivity contribution in [3.63, 3.8) is 0 Å². The summed E-state index contributed by atoms with van der Waals surface area (Å²) in [5.41, 5.74) is 7.07. The minimum Gasteiger partial charge on any atom is -0.384 e. The molecule has 1 saturated carbocycles. The lowest BCUT2D eigenvalue weighted by molar-refractivity contribution is 0.0683. The number of amides is 1. The zero-order valence-electron chi connectivity index (χ0n) is 12.1. The van der Waals surface area contributed by atoms with Crippen molar-refractivity contribution in [1.82, 2.24) is 9.88 Å². The topological polar surface area (TPSA) is 59.2 Å². The molecule has 1 saturated heterocycles. The Bertz CT molecular complexity index is 502. The van der Waals surface area contributed by atoms with Gasteiger partial charge in [0.1, 0.15) is 5.82 Å². The first-order valence-electron chi connectivity index (χ1n) is 7.66. The average molecular weight is 273 g/mol. The van der Waals surface area contributed by atoms with E-state index in [2.05, 4.69) is 4.98 Å². The summed E-state index contributed by atoms with van der Waals surface area (Å²) in [7, 11) is 0. The van der Waals surface area contributed by atoms with E-state index in [0.29, 0.717) is 11.4 Å². The quantitative estimate of drug-likeness (QED) is 0.921. The van der Waals surface area contributed by atoms with Crippen LogP contribution in [-0.2, 0) is 0 Å². The zero-order chi connectivity index (χ0) is 14.1. The van der Waals surface area contributed by atoms with Crippen LogP contribution in [0.1, 0.15) is 48.2 Å². The molecule has 4 nitrogen and oxygen atoms in total. The Balaban J connectivity index is 1.60. The van der Waals surface area contributed by atoms with Crippen molar-refractivity contribution in [1.29, 1.82) is 0 Å². The number of nitrogen functional groups attached to an aromatic ring is 1. The second-order valence-electron chi connectivity index (χ2n) is 6.28. The van der Waals surface area contributed by atoms with Crippen molar-refractivity contribution in [3.8, 4) is 0 Å². The molecule has 1 aliphatic carbocycles. The van der Waals surface area contributed by atoms with E-state index >= 15 is 0 Å². The molecule has 3 rings (SSSR count). The molecule has 2 heterocycles. The van der Waals surface area contributed by atoms with Gasteiger partial charge in [0, 0.05) is 13.1 Å². The molecule has 2 N–H and O–H groups in total. The van der Waals surface area contributed by atoms with Crippen molar-refractivity contribution in [2.24, 2.45) is 11.8 Å². The van der Waals surface area contributed by atoms with Crippen LogP contribution in [0.2, 0.25) is 0 Å². The number of anilines is 1. The predicted octanol–water partition coefficient (Wildman–Crippen LogP) is 2.62. The molecule has 1 aromatic rings. The molecule has 2 fully saturated rings. The Hall–Kier alpha value is -1.58. The number of carbonyl (C=O) groups excluding carboxylic acids is 1. The lowest BCUT2D eigenvalue weighted by Crippen LogP contribution is -2.39. The molecule has 108 valence electrons. The van der Waals surface area contributed by atoms with E-state index in [-0.39, 0.29) is 5.91 Å². The summed E-state index contributed by atoms with van der Waals surface area (Å²) in [4.78, 5) is 18.7. The maximum Gasteiger partial charge on any atom is 0.255 e. The average Bonchev–Trinajstić information content (AvgIpc) is 3.23. The SMILES string of the molecule is Cc1nc(N)ccc1C(=O)N1CCC(CC2CC2)CC1. The van der Waals surface area contributed by atoms with E-state index in [1.165, 1.54) is 19.3 Å². The summed E-state index contributed by atoms with van der Waals surface area (Å²) in [5.74, 6) is 2.41. The second-order valence-corrected chi connectivity index (χ2v) is 6.28. The molecule has 0 radical (unpaired) electrons. The van der Waals surface area contributed by atoms with Gasteiger partial charge in [0.15, 0.2) is 0 Å². The highest BCUT2D eigenvalue weighted by molar-refractivity contribution is 5.95. The van der Waals surface area contributed by atoms with Gasteiger partial charge in [-0.25, -0.2) is 4.98 Å². The van der Waals surface area contributed by atoms with Crippen LogP contribution >= 0.6 is 0 Å². The molecular formula is C16H23N3O. The van der Waals surface area contributed by atoms with E-state index in [1.54, 1.807) is 12.1 Å². The summed E-state index contributed by atoms with van der Waals surface area (Å²) >= 11 is 0. The van der Waals surface area contributed by atoms with E-state index in [0.717, 1.165) is 43.5 Å². The molecule has 0 bridgehead atoms. The number of likely N-dealkylation sites (tertiary alicyclic amines) is 1.